The summed E-state index contributed by atoms with van der Waals surface area (Å²) in [6.45, 7) is 0. The van der Waals surface area contributed by atoms with E-state index in [1.807, 2.05) is 34.9 Å². The zero-order chi connectivity index (χ0) is 28.3. The van der Waals surface area contributed by atoms with E-state index in [1.165, 1.54) is 12.1 Å². The number of aromatic nitrogens is 3. The number of nitrogens with zero attached hydrogens (tertiary/aromatic N) is 5. The van der Waals surface area contributed by atoms with Crippen molar-refractivity contribution in [3.05, 3.63) is 89.7 Å². The standard InChI is InChI=1S/C32H29FN6O2/c1-40-24-12-8-22(9-13-24)36-27-18-31-29(17-26(27)37-25-4-3-15-35-32(25)41-2)38-28-16-20(19-34)5-14-30(28)39(31)23-10-6-21(33)7-11-23/h3-7,10-11,14-18,22,24,37H,8-9,12-13H2,1-2H3. The van der Waals surface area contributed by atoms with Gasteiger partial charge < -0.3 is 19.4 Å². The monoisotopic (exact) mass is 548 g/mol. The fraction of sp³-hybridized carbons (Fsp3) is 0.250. The van der Waals surface area contributed by atoms with Crippen molar-refractivity contribution in [1.29, 1.82) is 5.26 Å². The minimum atomic E-state index is -0.317. The van der Waals surface area contributed by atoms with E-state index in [0.29, 0.717) is 28.3 Å². The van der Waals surface area contributed by atoms with Crippen LogP contribution in [0.5, 0.6) is 5.88 Å². The molecule has 8 nitrogen and oxygen atoms in total. The first-order valence-corrected chi connectivity index (χ1v) is 13.6. The minimum absolute atomic E-state index is 0.140. The van der Waals surface area contributed by atoms with E-state index >= 15 is 0 Å². The Morgan fingerprint density at radius 3 is 2.54 bits per heavy atom. The van der Waals surface area contributed by atoms with Crippen LogP contribution in [0.15, 0.2) is 77.9 Å². The van der Waals surface area contributed by atoms with E-state index in [9.17, 15) is 9.65 Å². The number of hydrogen-bond acceptors (Lipinski definition) is 7. The van der Waals surface area contributed by atoms with Gasteiger partial charge in [0.15, 0.2) is 0 Å². The maximum absolute atomic E-state index is 13.9. The van der Waals surface area contributed by atoms with Crippen LogP contribution in [0.4, 0.5) is 15.8 Å². The van der Waals surface area contributed by atoms with Gasteiger partial charge in [-0.15, -0.1) is 0 Å². The predicted octanol–water partition coefficient (Wildman–Crippen LogP) is 6.15. The number of fused-ring (bicyclic) bond motifs is 2. The zero-order valence-corrected chi connectivity index (χ0v) is 22.8. The Hall–Kier alpha value is -4.81. The molecule has 9 heteroatoms. The maximum Gasteiger partial charge on any atom is 0.237 e. The summed E-state index contributed by atoms with van der Waals surface area (Å²) < 4.78 is 27.0. The van der Waals surface area contributed by atoms with Crippen molar-refractivity contribution < 1.29 is 13.9 Å². The minimum Gasteiger partial charge on any atom is -0.480 e. The molecule has 1 fully saturated rings. The van der Waals surface area contributed by atoms with Crippen molar-refractivity contribution in [1.82, 2.24) is 14.5 Å². The highest BCUT2D eigenvalue weighted by Gasteiger charge is 2.22. The summed E-state index contributed by atoms with van der Waals surface area (Å²) in [6.07, 6.45) is 5.72. The third kappa shape index (κ3) is 5.34. The van der Waals surface area contributed by atoms with Crippen LogP contribution in [0, 0.1) is 17.1 Å². The van der Waals surface area contributed by atoms with Gasteiger partial charge in [0.25, 0.3) is 0 Å². The third-order valence-electron chi connectivity index (χ3n) is 7.54. The quantitative estimate of drug-likeness (QED) is 0.256. The van der Waals surface area contributed by atoms with Crippen molar-refractivity contribution in [2.24, 2.45) is 4.99 Å². The summed E-state index contributed by atoms with van der Waals surface area (Å²) in [5.74, 6) is 0.147. The van der Waals surface area contributed by atoms with E-state index < -0.39 is 0 Å². The molecular weight excluding hydrogens is 519 g/mol. The molecule has 1 saturated carbocycles. The Morgan fingerprint density at radius 2 is 1.80 bits per heavy atom. The Morgan fingerprint density at radius 1 is 1.00 bits per heavy atom. The van der Waals surface area contributed by atoms with Crippen LogP contribution in [0.3, 0.4) is 0 Å². The number of nitriles is 1. The smallest absolute Gasteiger partial charge is 0.237 e. The average Bonchev–Trinajstić information content (AvgIpc) is 3.01. The van der Waals surface area contributed by atoms with Gasteiger partial charge in [-0.05, 0) is 92.4 Å². The second-order valence-corrected chi connectivity index (χ2v) is 10.1. The van der Waals surface area contributed by atoms with E-state index in [4.69, 9.17) is 19.5 Å². The molecule has 41 heavy (non-hydrogen) atoms. The second kappa shape index (κ2) is 11.4. The average molecular weight is 549 g/mol. The molecule has 0 radical (unpaired) electrons. The summed E-state index contributed by atoms with van der Waals surface area (Å²) in [5, 5.41) is 13.8. The van der Waals surface area contributed by atoms with Crippen LogP contribution < -0.4 is 15.4 Å². The van der Waals surface area contributed by atoms with Gasteiger partial charge in [0.2, 0.25) is 5.88 Å². The Bertz CT molecular complexity index is 1790. The van der Waals surface area contributed by atoms with Crippen LogP contribution in [0.1, 0.15) is 31.2 Å². The van der Waals surface area contributed by atoms with Gasteiger partial charge in [-0.3, -0.25) is 4.99 Å². The van der Waals surface area contributed by atoms with Gasteiger partial charge in [-0.25, -0.2) is 14.4 Å². The van der Waals surface area contributed by atoms with Crippen molar-refractivity contribution in [2.75, 3.05) is 19.5 Å². The molecule has 6 rings (SSSR count). The summed E-state index contributed by atoms with van der Waals surface area (Å²) >= 11 is 0. The number of halogens is 1. The largest absolute Gasteiger partial charge is 0.480 e. The zero-order valence-electron chi connectivity index (χ0n) is 22.8. The van der Waals surface area contributed by atoms with E-state index in [-0.39, 0.29) is 18.0 Å². The highest BCUT2D eigenvalue weighted by molar-refractivity contribution is 5.85. The highest BCUT2D eigenvalue weighted by Crippen LogP contribution is 2.32. The number of rotatable bonds is 6. The lowest BCUT2D eigenvalue weighted by Crippen LogP contribution is -2.25. The van der Waals surface area contributed by atoms with E-state index in [1.54, 1.807) is 44.7 Å². The van der Waals surface area contributed by atoms with Crippen molar-refractivity contribution in [2.45, 2.75) is 37.8 Å². The molecule has 3 aliphatic rings. The number of hydrogen-bond donors (Lipinski definition) is 1. The first-order valence-electron chi connectivity index (χ1n) is 13.6. The van der Waals surface area contributed by atoms with Gasteiger partial charge in [-0.2, -0.15) is 5.26 Å². The lowest BCUT2D eigenvalue weighted by Gasteiger charge is -2.25. The summed E-state index contributed by atoms with van der Waals surface area (Å²) in [5.41, 5.74) is 5.67. The normalized spacial score (nSPS) is 17.5. The molecule has 1 aliphatic heterocycles. The lowest BCUT2D eigenvalue weighted by atomic mass is 9.93. The molecule has 1 aromatic heterocycles. The molecule has 0 atom stereocenters. The number of benzene rings is 3. The summed E-state index contributed by atoms with van der Waals surface area (Å²) in [4.78, 5) is 14.5. The lowest BCUT2D eigenvalue weighted by molar-refractivity contribution is 0.0663. The first-order chi connectivity index (χ1) is 20.1. The molecule has 0 saturated heterocycles. The number of ether oxygens (including phenoxy) is 2. The van der Waals surface area contributed by atoms with Crippen LogP contribution in [0.2, 0.25) is 0 Å². The molecule has 0 bridgehead atoms. The van der Waals surface area contributed by atoms with E-state index in [0.717, 1.165) is 53.6 Å². The molecule has 3 aromatic rings. The molecule has 2 heterocycles. The Labute approximate surface area is 237 Å². The molecule has 0 unspecified atom stereocenters. The third-order valence-corrected chi connectivity index (χ3v) is 7.54. The molecule has 2 aliphatic carbocycles. The van der Waals surface area contributed by atoms with Crippen LogP contribution in [-0.2, 0) is 4.74 Å². The fourth-order valence-electron chi connectivity index (χ4n) is 5.44. The van der Waals surface area contributed by atoms with Crippen molar-refractivity contribution in [3.8, 4) is 29.0 Å². The first kappa shape index (κ1) is 26.4. The van der Waals surface area contributed by atoms with Gasteiger partial charge >= 0.3 is 0 Å². The van der Waals surface area contributed by atoms with Crippen molar-refractivity contribution in [3.63, 3.8) is 0 Å². The maximum atomic E-state index is 13.9. The summed E-state index contributed by atoms with van der Waals surface area (Å²) in [6, 6.07) is 21.8. The molecule has 2 aromatic carbocycles. The number of pyridine rings is 1. The molecular formula is C32H29FN6O2. The van der Waals surface area contributed by atoms with E-state index in [2.05, 4.69) is 16.4 Å². The number of anilines is 2. The van der Waals surface area contributed by atoms with Gasteiger partial charge in [0, 0.05) is 19.0 Å². The van der Waals surface area contributed by atoms with Gasteiger partial charge in [0.1, 0.15) is 11.5 Å². The Kier molecular flexibility index (Phi) is 7.32. The van der Waals surface area contributed by atoms with Gasteiger partial charge in [0.05, 0.1) is 64.4 Å². The number of methoxy groups -OCH3 is 2. The van der Waals surface area contributed by atoms with Gasteiger partial charge in [-0.1, -0.05) is 0 Å². The SMILES string of the molecule is COc1ncccc1Nc1cc2nc3cc(C#N)ccc3n(-c3ccc(F)cc3)c-2cc1=NC1CCC(OC)CC1. The van der Waals surface area contributed by atoms with Crippen molar-refractivity contribution >= 4 is 22.4 Å². The van der Waals surface area contributed by atoms with Crippen LogP contribution in [0.25, 0.3) is 28.1 Å². The summed E-state index contributed by atoms with van der Waals surface area (Å²) in [7, 11) is 3.35. The van der Waals surface area contributed by atoms with Crippen LogP contribution in [-0.4, -0.2) is 40.9 Å². The molecule has 206 valence electrons. The predicted molar refractivity (Wildman–Crippen MR) is 155 cm³/mol. The topological polar surface area (TPSA) is 97.3 Å². The molecule has 0 spiro atoms. The molecule has 0 amide bonds. The highest BCUT2D eigenvalue weighted by atomic mass is 19.1. The van der Waals surface area contributed by atoms with Crippen LogP contribution >= 0.6 is 0 Å². The number of nitrogens with one attached hydrogen (secondary N) is 1. The fourth-order valence-corrected chi connectivity index (χ4v) is 5.44. The Balaban J connectivity index is 1.61. The second-order valence-electron chi connectivity index (χ2n) is 10.1. The molecule has 1 N–H and O–H groups in total.